The van der Waals surface area contributed by atoms with Crippen LogP contribution in [0, 0.1) is 17.8 Å². The number of likely N-dealkylation sites (N-methyl/N-ethyl adjacent to an activating group) is 1. The third kappa shape index (κ3) is 6.82. The number of anilines is 1. The van der Waals surface area contributed by atoms with E-state index in [4.69, 9.17) is 9.47 Å². The molecule has 8 rings (SSSR count). The number of amides is 2. The molecule has 0 aromatic heterocycles. The van der Waals surface area contributed by atoms with E-state index in [0.29, 0.717) is 6.42 Å². The maximum atomic E-state index is 13.3. The van der Waals surface area contributed by atoms with E-state index in [0.717, 1.165) is 65.9 Å². The summed E-state index contributed by atoms with van der Waals surface area (Å²) in [6, 6.07) is 26.5. The molecule has 4 bridgehead atoms. The summed E-state index contributed by atoms with van der Waals surface area (Å²) in [6.07, 6.45) is 7.30. The summed E-state index contributed by atoms with van der Waals surface area (Å²) in [7, 11) is 2.14. The van der Waals surface area contributed by atoms with Crippen LogP contribution in [0.25, 0.3) is 0 Å². The topological polar surface area (TPSA) is 83.1 Å². The number of nitrogens with zero attached hydrogens (tertiary/aromatic N) is 1. The Bertz CT molecular complexity index is 1430. The van der Waals surface area contributed by atoms with Gasteiger partial charge in [0, 0.05) is 35.8 Å². The molecule has 1 heterocycles. The van der Waals surface area contributed by atoms with Gasteiger partial charge in [-0.15, -0.1) is 0 Å². The van der Waals surface area contributed by atoms with E-state index >= 15 is 0 Å². The second-order valence-electron chi connectivity index (χ2n) is 14.3. The van der Waals surface area contributed by atoms with E-state index in [-0.39, 0.29) is 36.4 Å². The van der Waals surface area contributed by atoms with Gasteiger partial charge in [-0.1, -0.05) is 66.7 Å². The van der Waals surface area contributed by atoms with Crippen molar-refractivity contribution in [3.05, 3.63) is 101 Å². The molecule has 4 atom stereocenters. The first-order valence-electron chi connectivity index (χ1n) is 16.8. The number of aliphatic hydroxyl groups excluding tert-OH is 1. The quantitative estimate of drug-likeness (QED) is 0.234. The van der Waals surface area contributed by atoms with Gasteiger partial charge in [-0.25, -0.2) is 4.79 Å². The van der Waals surface area contributed by atoms with Crippen molar-refractivity contribution >= 4 is 11.7 Å². The monoisotopic (exact) mass is 609 g/mol. The Kier molecular flexibility index (Phi) is 8.71. The van der Waals surface area contributed by atoms with E-state index in [2.05, 4.69) is 53.8 Å². The number of carbonyl (C=O) groups excluding carboxylic acids is 1. The molecule has 0 unspecified atom stereocenters. The van der Waals surface area contributed by atoms with Crippen LogP contribution in [0.2, 0.25) is 0 Å². The Morgan fingerprint density at radius 2 is 1.58 bits per heavy atom. The van der Waals surface area contributed by atoms with Gasteiger partial charge in [0.1, 0.15) is 0 Å². The van der Waals surface area contributed by atoms with Crippen molar-refractivity contribution in [3.8, 4) is 0 Å². The van der Waals surface area contributed by atoms with Gasteiger partial charge in [0.15, 0.2) is 6.29 Å². The number of hydrogen-bond acceptors (Lipinski definition) is 5. The van der Waals surface area contributed by atoms with Crippen molar-refractivity contribution in [2.45, 2.75) is 88.6 Å². The van der Waals surface area contributed by atoms with Gasteiger partial charge in [0.25, 0.3) is 0 Å². The van der Waals surface area contributed by atoms with Crippen LogP contribution in [-0.4, -0.2) is 41.3 Å². The lowest BCUT2D eigenvalue weighted by molar-refractivity contribution is -0.253. The molecule has 3 aromatic carbocycles. The number of hydrogen-bond donors (Lipinski definition) is 3. The minimum Gasteiger partial charge on any atom is -0.392 e. The van der Waals surface area contributed by atoms with Crippen molar-refractivity contribution in [2.24, 2.45) is 17.8 Å². The second kappa shape index (κ2) is 12.9. The van der Waals surface area contributed by atoms with Crippen LogP contribution in [0.3, 0.4) is 0 Å². The fraction of sp³-hybridized carbons (Fsp3) is 0.500. The standard InChI is InChI=1S/C38H47N3O4/c1-25(30-7-4-3-5-8-30)41(2)23-34-19-35(31-13-11-26(24-42)12-14-31)45-36(44-34)32-9-6-10-33(18-32)39-37(43)40-38-20-27-15-28(21-38)17-29(16-27)22-38/h3-14,18,25,27-29,34-36,42H,15-17,19-24H2,1-2H3,(H2,39,40,43)/t25-,27?,28?,29?,34-,35+,36+,38?/m0/s1. The Labute approximate surface area is 267 Å². The normalized spacial score (nSPS) is 31.1. The molecule has 4 saturated carbocycles. The lowest BCUT2D eigenvalue weighted by Gasteiger charge is -2.56. The molecule has 45 heavy (non-hydrogen) atoms. The third-order valence-corrected chi connectivity index (χ3v) is 10.9. The third-order valence-electron chi connectivity index (χ3n) is 10.9. The van der Waals surface area contributed by atoms with Gasteiger partial charge in [-0.05, 0) is 99.1 Å². The highest BCUT2D eigenvalue weighted by molar-refractivity contribution is 5.90. The Morgan fingerprint density at radius 1 is 0.889 bits per heavy atom. The van der Waals surface area contributed by atoms with Crippen molar-refractivity contribution in [1.82, 2.24) is 10.2 Å². The molecule has 4 aliphatic carbocycles. The summed E-state index contributed by atoms with van der Waals surface area (Å²) in [5, 5.41) is 16.1. The molecular formula is C38H47N3O4. The fourth-order valence-electron chi connectivity index (χ4n) is 8.93. The van der Waals surface area contributed by atoms with Gasteiger partial charge in [0.2, 0.25) is 0 Å². The molecule has 0 radical (unpaired) electrons. The maximum Gasteiger partial charge on any atom is 0.319 e. The molecule has 3 N–H and O–H groups in total. The van der Waals surface area contributed by atoms with Crippen LogP contribution in [0.4, 0.5) is 10.5 Å². The second-order valence-corrected chi connectivity index (χ2v) is 14.3. The molecule has 2 amide bonds. The van der Waals surface area contributed by atoms with Crippen LogP contribution in [0.5, 0.6) is 0 Å². The largest absolute Gasteiger partial charge is 0.392 e. The van der Waals surface area contributed by atoms with Crippen molar-refractivity contribution in [2.75, 3.05) is 18.9 Å². The summed E-state index contributed by atoms with van der Waals surface area (Å²) in [6.45, 7) is 2.98. The summed E-state index contributed by atoms with van der Waals surface area (Å²) in [5.74, 6) is 2.32. The number of ether oxygens (including phenoxy) is 2. The van der Waals surface area contributed by atoms with Crippen LogP contribution in [0.1, 0.15) is 92.6 Å². The van der Waals surface area contributed by atoms with Gasteiger partial charge in [-0.3, -0.25) is 4.90 Å². The molecule has 3 aromatic rings. The van der Waals surface area contributed by atoms with Crippen LogP contribution < -0.4 is 10.6 Å². The Morgan fingerprint density at radius 3 is 2.24 bits per heavy atom. The molecule has 5 aliphatic rings. The van der Waals surface area contributed by atoms with Gasteiger partial charge >= 0.3 is 6.03 Å². The number of rotatable bonds is 9. The lowest BCUT2D eigenvalue weighted by atomic mass is 9.53. The average molecular weight is 610 g/mol. The van der Waals surface area contributed by atoms with E-state index in [1.54, 1.807) is 0 Å². The summed E-state index contributed by atoms with van der Waals surface area (Å²) in [4.78, 5) is 15.7. The first kappa shape index (κ1) is 30.4. The van der Waals surface area contributed by atoms with Crippen LogP contribution in [-0.2, 0) is 16.1 Å². The summed E-state index contributed by atoms with van der Waals surface area (Å²) in [5.41, 5.74) is 4.78. The van der Waals surface area contributed by atoms with Crippen LogP contribution in [0.15, 0.2) is 78.9 Å². The zero-order chi connectivity index (χ0) is 31.0. The average Bonchev–Trinajstić information content (AvgIpc) is 3.04. The van der Waals surface area contributed by atoms with Crippen molar-refractivity contribution < 1.29 is 19.4 Å². The summed E-state index contributed by atoms with van der Waals surface area (Å²) >= 11 is 0. The number of carbonyl (C=O) groups is 1. The zero-order valence-electron chi connectivity index (χ0n) is 26.5. The van der Waals surface area contributed by atoms with E-state index in [9.17, 15) is 9.90 Å². The minimum atomic E-state index is -0.584. The molecule has 1 saturated heterocycles. The van der Waals surface area contributed by atoms with Gasteiger partial charge in [-0.2, -0.15) is 0 Å². The Balaban J connectivity index is 1.06. The number of aliphatic hydroxyl groups is 1. The molecule has 5 fully saturated rings. The highest BCUT2D eigenvalue weighted by atomic mass is 16.7. The predicted molar refractivity (Wildman–Crippen MR) is 175 cm³/mol. The Hall–Kier alpha value is -3.23. The van der Waals surface area contributed by atoms with E-state index in [1.165, 1.54) is 24.8 Å². The molecule has 1 aliphatic heterocycles. The summed E-state index contributed by atoms with van der Waals surface area (Å²) < 4.78 is 13.3. The number of benzene rings is 3. The maximum absolute atomic E-state index is 13.3. The van der Waals surface area contributed by atoms with Crippen molar-refractivity contribution in [3.63, 3.8) is 0 Å². The van der Waals surface area contributed by atoms with Crippen molar-refractivity contribution in [1.29, 1.82) is 0 Å². The first-order valence-corrected chi connectivity index (χ1v) is 16.8. The molecule has 7 heteroatoms. The molecule has 0 spiro atoms. The highest BCUT2D eigenvalue weighted by Crippen LogP contribution is 2.55. The molecule has 238 valence electrons. The minimum absolute atomic E-state index is 0.0125. The molecular weight excluding hydrogens is 562 g/mol. The fourth-order valence-corrected chi connectivity index (χ4v) is 8.93. The predicted octanol–water partition coefficient (Wildman–Crippen LogP) is 7.51. The SMILES string of the molecule is C[C@@H](c1ccccc1)N(C)C[C@@H]1C[C@H](c2ccc(CO)cc2)O[C@H](c2cccc(NC(=O)NC34CC5CC(CC(C5)C3)C4)c2)O1. The van der Waals surface area contributed by atoms with E-state index < -0.39 is 6.29 Å². The van der Waals surface area contributed by atoms with E-state index in [1.807, 2.05) is 54.6 Å². The van der Waals surface area contributed by atoms with Gasteiger partial charge < -0.3 is 25.2 Å². The highest BCUT2D eigenvalue weighted by Gasteiger charge is 2.51. The molecule has 7 nitrogen and oxygen atoms in total. The first-order chi connectivity index (χ1) is 21.8. The van der Waals surface area contributed by atoms with Crippen LogP contribution >= 0.6 is 0 Å². The number of nitrogens with one attached hydrogen (secondary N) is 2. The lowest BCUT2D eigenvalue weighted by Crippen LogP contribution is -2.60. The smallest absolute Gasteiger partial charge is 0.319 e. The zero-order valence-corrected chi connectivity index (χ0v) is 26.5. The number of urea groups is 1. The van der Waals surface area contributed by atoms with Gasteiger partial charge in [0.05, 0.1) is 18.8 Å².